The molecule has 0 amide bonds. The quantitative estimate of drug-likeness (QED) is 0.296. The van der Waals surface area contributed by atoms with Gasteiger partial charge in [-0.2, -0.15) is 0 Å². The van der Waals surface area contributed by atoms with Crippen molar-refractivity contribution < 1.29 is 9.47 Å². The van der Waals surface area contributed by atoms with Gasteiger partial charge in [0, 0.05) is 50.7 Å². The monoisotopic (exact) mass is 548 g/mol. The number of aromatic nitrogens is 4. The predicted molar refractivity (Wildman–Crippen MR) is 156 cm³/mol. The summed E-state index contributed by atoms with van der Waals surface area (Å²) >= 11 is 6.87. The van der Waals surface area contributed by atoms with E-state index in [1.165, 1.54) is 0 Å². The predicted octanol–water partition coefficient (Wildman–Crippen LogP) is 5.31. The molecule has 0 N–H and O–H groups in total. The first kappa shape index (κ1) is 27.4. The molecule has 0 atom stereocenters. The molecule has 1 fully saturated rings. The molecule has 3 aromatic heterocycles. The molecule has 9 heteroatoms. The van der Waals surface area contributed by atoms with Gasteiger partial charge in [-0.15, -0.1) is 0 Å². The van der Waals surface area contributed by atoms with Crippen molar-refractivity contribution in [3.63, 3.8) is 0 Å². The zero-order valence-corrected chi connectivity index (χ0v) is 24.2. The number of hydrogen-bond acceptors (Lipinski definition) is 7. The highest BCUT2D eigenvalue weighted by molar-refractivity contribution is 6.33. The van der Waals surface area contributed by atoms with E-state index in [1.807, 2.05) is 57.3 Å². The summed E-state index contributed by atoms with van der Waals surface area (Å²) < 4.78 is 14.4. The molecule has 0 spiro atoms. The molecular formula is C30H37ClN6O2. The second-order valence-electron chi connectivity index (χ2n) is 11.2. The molecule has 206 valence electrons. The zero-order chi connectivity index (χ0) is 27.6. The Morgan fingerprint density at radius 3 is 2.46 bits per heavy atom. The minimum atomic E-state index is -0.413. The summed E-state index contributed by atoms with van der Waals surface area (Å²) in [5.41, 5.74) is 4.09. The van der Waals surface area contributed by atoms with Gasteiger partial charge in [-0.05, 0) is 76.7 Å². The molecule has 8 nitrogen and oxygen atoms in total. The zero-order valence-electron chi connectivity index (χ0n) is 23.4. The minimum Gasteiger partial charge on any atom is -0.492 e. The lowest BCUT2D eigenvalue weighted by molar-refractivity contribution is 0.126. The Hall–Kier alpha value is -3.20. The van der Waals surface area contributed by atoms with Crippen molar-refractivity contribution in [2.24, 2.45) is 0 Å². The number of hydrogen-bond donors (Lipinski definition) is 0. The molecule has 4 aromatic rings. The average molecular weight is 549 g/mol. The molecule has 0 radical (unpaired) electrons. The third-order valence-electron chi connectivity index (χ3n) is 6.78. The summed E-state index contributed by atoms with van der Waals surface area (Å²) in [5, 5.41) is 0.576. The Balaban J connectivity index is 1.45. The second kappa shape index (κ2) is 11.5. The Kier molecular flexibility index (Phi) is 8.07. The van der Waals surface area contributed by atoms with E-state index in [-0.39, 0.29) is 0 Å². The van der Waals surface area contributed by atoms with Crippen LogP contribution in [0.4, 0.5) is 0 Å². The van der Waals surface area contributed by atoms with Crippen LogP contribution in [-0.4, -0.2) is 81.3 Å². The van der Waals surface area contributed by atoms with Gasteiger partial charge < -0.3 is 18.9 Å². The third kappa shape index (κ3) is 6.69. The molecule has 1 aliphatic heterocycles. The topological polar surface area (TPSA) is 68.5 Å². The van der Waals surface area contributed by atoms with Gasteiger partial charge in [-0.25, -0.2) is 9.97 Å². The minimum absolute atomic E-state index is 0.413. The van der Waals surface area contributed by atoms with Gasteiger partial charge in [-0.1, -0.05) is 11.6 Å². The standard InChI is InChI=1S/C30H37ClN6O2/c1-21-8-10-32-22(18-21)20-37-26-9-11-33-29(39-30(2,3)4)27(26)34-28(37)24-7-6-23(19-25(24)31)38-17-16-36-14-12-35(5)13-15-36/h6-11,18-19H,12-17,20H2,1-5H3. The number of benzene rings is 1. The molecule has 0 unspecified atom stereocenters. The van der Waals surface area contributed by atoms with E-state index < -0.39 is 5.60 Å². The van der Waals surface area contributed by atoms with Gasteiger partial charge in [-0.3, -0.25) is 9.88 Å². The van der Waals surface area contributed by atoms with E-state index in [1.54, 1.807) is 6.20 Å². The molecular weight excluding hydrogens is 512 g/mol. The first-order valence-electron chi connectivity index (χ1n) is 13.5. The van der Waals surface area contributed by atoms with E-state index in [0.717, 1.165) is 66.6 Å². The first-order chi connectivity index (χ1) is 18.7. The molecule has 4 heterocycles. The van der Waals surface area contributed by atoms with Crippen LogP contribution >= 0.6 is 11.6 Å². The van der Waals surface area contributed by atoms with E-state index >= 15 is 0 Å². The maximum Gasteiger partial charge on any atom is 0.242 e. The highest BCUT2D eigenvalue weighted by Gasteiger charge is 2.22. The molecule has 5 rings (SSSR count). The SMILES string of the molecule is Cc1ccnc(Cn2c(-c3ccc(OCCN4CCN(C)CC4)cc3Cl)nc3c(OC(C)(C)C)nccc32)c1. The maximum absolute atomic E-state index is 6.87. The van der Waals surface area contributed by atoms with E-state index in [4.69, 9.17) is 26.1 Å². The Morgan fingerprint density at radius 2 is 1.74 bits per heavy atom. The highest BCUT2D eigenvalue weighted by Crippen LogP contribution is 2.36. The average Bonchev–Trinajstić information content (AvgIpc) is 3.23. The largest absolute Gasteiger partial charge is 0.492 e. The number of pyridine rings is 2. The van der Waals surface area contributed by atoms with Crippen LogP contribution in [0, 0.1) is 6.92 Å². The fourth-order valence-electron chi connectivity index (χ4n) is 4.74. The van der Waals surface area contributed by atoms with Crippen LogP contribution < -0.4 is 9.47 Å². The Bertz CT molecular complexity index is 1440. The summed E-state index contributed by atoms with van der Waals surface area (Å²) in [4.78, 5) is 18.9. The number of ether oxygens (including phenoxy) is 2. The Morgan fingerprint density at radius 1 is 0.974 bits per heavy atom. The third-order valence-corrected chi connectivity index (χ3v) is 7.09. The number of nitrogens with zero attached hydrogens (tertiary/aromatic N) is 6. The number of aryl methyl sites for hydroxylation is 1. The Labute approximate surface area is 235 Å². The number of fused-ring (bicyclic) bond motifs is 1. The van der Waals surface area contributed by atoms with Crippen molar-refractivity contribution in [2.45, 2.75) is 39.8 Å². The fraction of sp³-hybridized carbons (Fsp3) is 0.433. The maximum atomic E-state index is 6.87. The first-order valence-corrected chi connectivity index (χ1v) is 13.8. The summed E-state index contributed by atoms with van der Waals surface area (Å²) in [6, 6.07) is 11.9. The van der Waals surface area contributed by atoms with Crippen molar-refractivity contribution in [3.8, 4) is 23.0 Å². The van der Waals surface area contributed by atoms with Crippen LogP contribution in [0.2, 0.25) is 5.02 Å². The van der Waals surface area contributed by atoms with Crippen molar-refractivity contribution in [1.29, 1.82) is 0 Å². The number of halogens is 1. The van der Waals surface area contributed by atoms with Gasteiger partial charge in [0.05, 0.1) is 22.8 Å². The normalized spacial score (nSPS) is 15.1. The van der Waals surface area contributed by atoms with Crippen LogP contribution in [0.15, 0.2) is 48.8 Å². The molecule has 39 heavy (non-hydrogen) atoms. The number of likely N-dealkylation sites (N-methyl/N-ethyl adjacent to an activating group) is 1. The fourth-order valence-corrected chi connectivity index (χ4v) is 4.99. The number of piperazine rings is 1. The number of rotatable bonds is 8. The van der Waals surface area contributed by atoms with Gasteiger partial charge in [0.25, 0.3) is 0 Å². The van der Waals surface area contributed by atoms with Crippen LogP contribution in [0.3, 0.4) is 0 Å². The van der Waals surface area contributed by atoms with Crippen molar-refractivity contribution in [1.82, 2.24) is 29.3 Å². The number of imidazole rings is 1. The van der Waals surface area contributed by atoms with Crippen molar-refractivity contribution in [2.75, 3.05) is 46.4 Å². The molecule has 1 aliphatic rings. The van der Waals surface area contributed by atoms with Crippen molar-refractivity contribution in [3.05, 3.63) is 65.1 Å². The summed E-state index contributed by atoms with van der Waals surface area (Å²) in [5.74, 6) is 1.98. The second-order valence-corrected chi connectivity index (χ2v) is 11.6. The van der Waals surface area contributed by atoms with Gasteiger partial charge >= 0.3 is 0 Å². The molecule has 0 aliphatic carbocycles. The molecule has 0 bridgehead atoms. The van der Waals surface area contributed by atoms with Crippen LogP contribution in [0.25, 0.3) is 22.4 Å². The van der Waals surface area contributed by atoms with Crippen LogP contribution in [-0.2, 0) is 6.54 Å². The van der Waals surface area contributed by atoms with Crippen LogP contribution in [0.5, 0.6) is 11.6 Å². The molecule has 1 aromatic carbocycles. The van der Waals surface area contributed by atoms with E-state index in [9.17, 15) is 0 Å². The van der Waals surface area contributed by atoms with Gasteiger partial charge in [0.15, 0.2) is 5.52 Å². The summed E-state index contributed by atoms with van der Waals surface area (Å²) in [6.07, 6.45) is 3.59. The summed E-state index contributed by atoms with van der Waals surface area (Å²) in [7, 11) is 2.16. The highest BCUT2D eigenvalue weighted by atomic mass is 35.5. The lowest BCUT2D eigenvalue weighted by atomic mass is 10.2. The molecule has 1 saturated heterocycles. The lowest BCUT2D eigenvalue weighted by Gasteiger charge is -2.32. The van der Waals surface area contributed by atoms with Crippen molar-refractivity contribution >= 4 is 22.6 Å². The van der Waals surface area contributed by atoms with Gasteiger partial charge in [0.1, 0.15) is 23.8 Å². The lowest BCUT2D eigenvalue weighted by Crippen LogP contribution is -2.45. The van der Waals surface area contributed by atoms with E-state index in [2.05, 4.69) is 44.4 Å². The van der Waals surface area contributed by atoms with Gasteiger partial charge in [0.2, 0.25) is 5.88 Å². The van der Waals surface area contributed by atoms with Crippen LogP contribution in [0.1, 0.15) is 32.0 Å². The summed E-state index contributed by atoms with van der Waals surface area (Å²) in [6.45, 7) is 14.5. The van der Waals surface area contributed by atoms with E-state index in [0.29, 0.717) is 29.6 Å². The molecule has 0 saturated carbocycles. The smallest absolute Gasteiger partial charge is 0.242 e.